The zero-order valence-corrected chi connectivity index (χ0v) is 17.4. The number of hydrogen-bond donors (Lipinski definition) is 2. The highest BCUT2D eigenvalue weighted by Crippen LogP contribution is 2.36. The Hall–Kier alpha value is -3.69. The van der Waals surface area contributed by atoms with E-state index < -0.39 is 10.8 Å². The van der Waals surface area contributed by atoms with Crippen LogP contribution in [-0.4, -0.2) is 20.8 Å². The van der Waals surface area contributed by atoms with Crippen molar-refractivity contribution in [3.05, 3.63) is 93.8 Å². The molecule has 4 rings (SSSR count). The molecule has 0 aliphatic rings. The van der Waals surface area contributed by atoms with Gasteiger partial charge in [-0.1, -0.05) is 59.8 Å². The molecular formula is C21H14ClN5O3S. The standard InChI is InChI=1S/C21H14ClN5O3S/c22-14-8-10-15(11-9-14)31-21-18(27(29)30)19(23-12-24-21)25-26-20(28)17-7-3-5-13-4-1-2-6-16(13)17/h1-12H,(H,26,28)(H,23,24,25). The fourth-order valence-electron chi connectivity index (χ4n) is 2.91. The van der Waals surface area contributed by atoms with Crippen LogP contribution in [0.15, 0.2) is 83.0 Å². The van der Waals surface area contributed by atoms with Crippen LogP contribution in [0.5, 0.6) is 0 Å². The van der Waals surface area contributed by atoms with E-state index in [1.54, 1.807) is 36.4 Å². The van der Waals surface area contributed by atoms with E-state index in [0.717, 1.165) is 27.4 Å². The SMILES string of the molecule is O=C(NNc1ncnc(Sc2ccc(Cl)cc2)c1[N+](=O)[O-])c1cccc2ccccc12. The molecule has 10 heteroatoms. The Morgan fingerprint density at radius 3 is 2.52 bits per heavy atom. The third-order valence-corrected chi connectivity index (χ3v) is 5.58. The Bertz CT molecular complexity index is 1280. The molecule has 154 valence electrons. The molecule has 1 amide bonds. The summed E-state index contributed by atoms with van der Waals surface area (Å²) in [5.41, 5.74) is 5.14. The molecule has 2 N–H and O–H groups in total. The number of carbonyl (C=O) groups excluding carboxylic acids is 1. The van der Waals surface area contributed by atoms with Crippen LogP contribution in [0, 0.1) is 10.1 Å². The fourth-order valence-corrected chi connectivity index (χ4v) is 3.90. The van der Waals surface area contributed by atoms with Crippen LogP contribution in [0.2, 0.25) is 5.02 Å². The van der Waals surface area contributed by atoms with E-state index in [1.165, 1.54) is 6.33 Å². The van der Waals surface area contributed by atoms with Gasteiger partial charge in [0, 0.05) is 15.5 Å². The smallest absolute Gasteiger partial charge is 0.276 e. The molecule has 0 saturated heterocycles. The summed E-state index contributed by atoms with van der Waals surface area (Å²) in [6.07, 6.45) is 1.19. The number of anilines is 1. The predicted molar refractivity (Wildman–Crippen MR) is 119 cm³/mol. The molecule has 0 unspecified atom stereocenters. The van der Waals surface area contributed by atoms with Gasteiger partial charge in [-0.15, -0.1) is 0 Å². The molecule has 0 aliphatic heterocycles. The molecule has 8 nitrogen and oxygen atoms in total. The van der Waals surface area contributed by atoms with E-state index >= 15 is 0 Å². The number of hydrazine groups is 1. The second kappa shape index (κ2) is 8.99. The van der Waals surface area contributed by atoms with Crippen molar-refractivity contribution in [3.63, 3.8) is 0 Å². The molecule has 0 spiro atoms. The zero-order valence-electron chi connectivity index (χ0n) is 15.8. The first-order valence-electron chi connectivity index (χ1n) is 9.00. The first-order chi connectivity index (χ1) is 15.0. The molecule has 0 atom stereocenters. The van der Waals surface area contributed by atoms with E-state index in [-0.39, 0.29) is 16.5 Å². The Morgan fingerprint density at radius 2 is 1.74 bits per heavy atom. The topological polar surface area (TPSA) is 110 Å². The van der Waals surface area contributed by atoms with Gasteiger partial charge in [-0.2, -0.15) is 0 Å². The second-order valence-corrected chi connectivity index (χ2v) is 7.79. The third-order valence-electron chi connectivity index (χ3n) is 4.33. The van der Waals surface area contributed by atoms with Gasteiger partial charge in [-0.05, 0) is 41.1 Å². The minimum Gasteiger partial charge on any atom is -0.276 e. The highest BCUT2D eigenvalue weighted by molar-refractivity contribution is 7.99. The number of rotatable bonds is 6. The van der Waals surface area contributed by atoms with Crippen molar-refractivity contribution < 1.29 is 9.72 Å². The highest BCUT2D eigenvalue weighted by atomic mass is 35.5. The molecule has 3 aromatic carbocycles. The molecule has 31 heavy (non-hydrogen) atoms. The number of nitrogens with zero attached hydrogens (tertiary/aromatic N) is 3. The maximum absolute atomic E-state index is 12.7. The molecule has 0 radical (unpaired) electrons. The van der Waals surface area contributed by atoms with E-state index in [1.807, 2.05) is 30.3 Å². The molecular weight excluding hydrogens is 438 g/mol. The summed E-state index contributed by atoms with van der Waals surface area (Å²) in [6.45, 7) is 0. The third kappa shape index (κ3) is 4.57. The van der Waals surface area contributed by atoms with Gasteiger partial charge < -0.3 is 0 Å². The number of halogens is 1. The Balaban J connectivity index is 1.58. The summed E-state index contributed by atoms with van der Waals surface area (Å²) in [5.74, 6) is -0.568. The number of aromatic nitrogens is 2. The average molecular weight is 452 g/mol. The predicted octanol–water partition coefficient (Wildman–Crippen LogP) is 5.10. The lowest BCUT2D eigenvalue weighted by Crippen LogP contribution is -2.30. The van der Waals surface area contributed by atoms with Crippen molar-refractivity contribution in [2.45, 2.75) is 9.92 Å². The van der Waals surface area contributed by atoms with Crippen molar-refractivity contribution in [2.24, 2.45) is 0 Å². The Kier molecular flexibility index (Phi) is 5.96. The van der Waals surface area contributed by atoms with Gasteiger partial charge in [-0.3, -0.25) is 25.8 Å². The van der Waals surface area contributed by atoms with Crippen LogP contribution in [0.4, 0.5) is 11.5 Å². The molecule has 0 aliphatic carbocycles. The first-order valence-corrected chi connectivity index (χ1v) is 10.2. The van der Waals surface area contributed by atoms with Crippen molar-refractivity contribution in [2.75, 3.05) is 5.43 Å². The van der Waals surface area contributed by atoms with Gasteiger partial charge in [0.1, 0.15) is 6.33 Å². The van der Waals surface area contributed by atoms with Crippen LogP contribution < -0.4 is 10.9 Å². The van der Waals surface area contributed by atoms with Crippen LogP contribution in [0.1, 0.15) is 10.4 Å². The summed E-state index contributed by atoms with van der Waals surface area (Å²) < 4.78 is 0. The summed E-state index contributed by atoms with van der Waals surface area (Å²) in [7, 11) is 0. The van der Waals surface area contributed by atoms with E-state index in [0.29, 0.717) is 10.6 Å². The maximum atomic E-state index is 12.7. The van der Waals surface area contributed by atoms with Crippen molar-refractivity contribution in [1.29, 1.82) is 0 Å². The van der Waals surface area contributed by atoms with Crippen LogP contribution in [-0.2, 0) is 0 Å². The summed E-state index contributed by atoms with van der Waals surface area (Å²) in [4.78, 5) is 32.5. The molecule has 0 bridgehead atoms. The fraction of sp³-hybridized carbons (Fsp3) is 0. The van der Waals surface area contributed by atoms with Gasteiger partial charge in [-0.25, -0.2) is 9.97 Å². The summed E-state index contributed by atoms with van der Waals surface area (Å²) in [5, 5.41) is 14.1. The van der Waals surface area contributed by atoms with Gasteiger partial charge in [0.05, 0.1) is 4.92 Å². The average Bonchev–Trinajstić information content (AvgIpc) is 2.78. The molecule has 0 saturated carbocycles. The van der Waals surface area contributed by atoms with Gasteiger partial charge in [0.25, 0.3) is 5.91 Å². The molecule has 4 aromatic rings. The number of nitro groups is 1. The van der Waals surface area contributed by atoms with E-state index in [2.05, 4.69) is 20.8 Å². The van der Waals surface area contributed by atoms with E-state index in [9.17, 15) is 14.9 Å². The number of carbonyl (C=O) groups is 1. The van der Waals surface area contributed by atoms with Crippen LogP contribution >= 0.6 is 23.4 Å². The van der Waals surface area contributed by atoms with Gasteiger partial charge in [0.2, 0.25) is 5.82 Å². The first kappa shape index (κ1) is 20.6. The van der Waals surface area contributed by atoms with Crippen LogP contribution in [0.3, 0.4) is 0 Å². The van der Waals surface area contributed by atoms with Crippen LogP contribution in [0.25, 0.3) is 10.8 Å². The lowest BCUT2D eigenvalue weighted by molar-refractivity contribution is -0.387. The zero-order chi connectivity index (χ0) is 21.8. The lowest BCUT2D eigenvalue weighted by atomic mass is 10.0. The van der Waals surface area contributed by atoms with Crippen molar-refractivity contribution >= 4 is 51.5 Å². The summed E-state index contributed by atoms with van der Waals surface area (Å²) >= 11 is 6.98. The maximum Gasteiger partial charge on any atom is 0.345 e. The largest absolute Gasteiger partial charge is 0.345 e. The quantitative estimate of drug-likeness (QED) is 0.238. The highest BCUT2D eigenvalue weighted by Gasteiger charge is 2.24. The Morgan fingerprint density at radius 1 is 1.00 bits per heavy atom. The minimum atomic E-state index is -0.593. The van der Waals surface area contributed by atoms with E-state index in [4.69, 9.17) is 11.6 Å². The van der Waals surface area contributed by atoms with Crippen molar-refractivity contribution in [1.82, 2.24) is 15.4 Å². The molecule has 1 aromatic heterocycles. The number of hydrogen-bond acceptors (Lipinski definition) is 7. The summed E-state index contributed by atoms with van der Waals surface area (Å²) in [6, 6.07) is 19.6. The van der Waals surface area contributed by atoms with Gasteiger partial charge >= 0.3 is 5.69 Å². The monoisotopic (exact) mass is 451 g/mol. The molecule has 1 heterocycles. The van der Waals surface area contributed by atoms with Crippen molar-refractivity contribution in [3.8, 4) is 0 Å². The number of amides is 1. The minimum absolute atomic E-state index is 0.120. The normalized spacial score (nSPS) is 10.6. The number of nitrogens with one attached hydrogen (secondary N) is 2. The number of fused-ring (bicyclic) bond motifs is 1. The second-order valence-electron chi connectivity index (χ2n) is 6.29. The number of benzene rings is 3. The molecule has 0 fully saturated rings. The lowest BCUT2D eigenvalue weighted by Gasteiger charge is -2.11. The Labute approximate surface area is 185 Å². The van der Waals surface area contributed by atoms with Gasteiger partial charge in [0.15, 0.2) is 5.03 Å².